The summed E-state index contributed by atoms with van der Waals surface area (Å²) in [6, 6.07) is -0.324. The first kappa shape index (κ1) is 13.9. The van der Waals surface area contributed by atoms with Gasteiger partial charge in [-0.05, 0) is 26.3 Å². The van der Waals surface area contributed by atoms with Crippen LogP contribution in [-0.4, -0.2) is 29.6 Å². The molecule has 0 radical (unpaired) electrons. The van der Waals surface area contributed by atoms with Gasteiger partial charge in [-0.2, -0.15) is 0 Å². The number of carboxylic acid groups (broad SMARTS) is 1. The quantitative estimate of drug-likeness (QED) is 0.572. The maximum atomic E-state index is 11.5. The fourth-order valence-corrected chi connectivity index (χ4v) is 1.25. The van der Waals surface area contributed by atoms with Crippen molar-refractivity contribution in [2.75, 3.05) is 6.54 Å². The van der Waals surface area contributed by atoms with Crippen LogP contribution in [0, 0.1) is 5.92 Å². The third-order valence-corrected chi connectivity index (χ3v) is 2.16. The summed E-state index contributed by atoms with van der Waals surface area (Å²) in [7, 11) is 0. The molecule has 15 heavy (non-hydrogen) atoms. The zero-order valence-corrected chi connectivity index (χ0v) is 9.32. The molecule has 0 saturated carbocycles. The summed E-state index contributed by atoms with van der Waals surface area (Å²) >= 11 is 0. The van der Waals surface area contributed by atoms with E-state index in [1.54, 1.807) is 6.92 Å². The molecule has 0 aliphatic rings. The molecule has 0 rings (SSSR count). The summed E-state index contributed by atoms with van der Waals surface area (Å²) in [5, 5.41) is 11.2. The molecule has 2 atom stereocenters. The van der Waals surface area contributed by atoms with Gasteiger partial charge in [0.2, 0.25) is 5.91 Å². The maximum absolute atomic E-state index is 11.5. The van der Waals surface area contributed by atoms with Crippen molar-refractivity contribution in [1.82, 2.24) is 5.32 Å². The molecule has 0 aliphatic carbocycles. The Labute approximate surface area is 90.0 Å². The van der Waals surface area contributed by atoms with Gasteiger partial charge in [-0.15, -0.1) is 0 Å². The lowest BCUT2D eigenvalue weighted by Crippen LogP contribution is -2.37. The summed E-state index contributed by atoms with van der Waals surface area (Å²) in [4.78, 5) is 21.9. The van der Waals surface area contributed by atoms with Crippen molar-refractivity contribution >= 4 is 11.9 Å². The van der Waals surface area contributed by atoms with Crippen LogP contribution in [0.15, 0.2) is 0 Å². The van der Waals surface area contributed by atoms with Gasteiger partial charge in [0.05, 0.1) is 6.42 Å². The number of hydrogen-bond donors (Lipinski definition) is 3. The molecule has 0 aromatic heterocycles. The Kier molecular flexibility index (Phi) is 6.70. The van der Waals surface area contributed by atoms with Crippen LogP contribution in [0.5, 0.6) is 0 Å². The van der Waals surface area contributed by atoms with Crippen LogP contribution >= 0.6 is 0 Å². The SMILES string of the molecule is CC(CC(=O)O)NC(=O)C(C)CCCN. The van der Waals surface area contributed by atoms with Crippen LogP contribution in [0.25, 0.3) is 0 Å². The van der Waals surface area contributed by atoms with Crippen LogP contribution in [0.4, 0.5) is 0 Å². The fraction of sp³-hybridized carbons (Fsp3) is 0.800. The van der Waals surface area contributed by atoms with Crippen LogP contribution < -0.4 is 11.1 Å². The second-order valence-corrected chi connectivity index (χ2v) is 3.84. The molecular formula is C10H20N2O3. The number of nitrogens with one attached hydrogen (secondary N) is 1. The third-order valence-electron chi connectivity index (χ3n) is 2.16. The van der Waals surface area contributed by atoms with Gasteiger partial charge in [0.1, 0.15) is 0 Å². The van der Waals surface area contributed by atoms with E-state index in [1.807, 2.05) is 6.92 Å². The van der Waals surface area contributed by atoms with Crippen molar-refractivity contribution in [1.29, 1.82) is 0 Å². The highest BCUT2D eigenvalue weighted by Gasteiger charge is 2.16. The second-order valence-electron chi connectivity index (χ2n) is 3.84. The van der Waals surface area contributed by atoms with Crippen molar-refractivity contribution in [3.63, 3.8) is 0 Å². The summed E-state index contributed by atoms with van der Waals surface area (Å²) in [5.41, 5.74) is 5.33. The lowest BCUT2D eigenvalue weighted by molar-refractivity contribution is -0.137. The van der Waals surface area contributed by atoms with E-state index in [-0.39, 0.29) is 24.3 Å². The van der Waals surface area contributed by atoms with E-state index < -0.39 is 5.97 Å². The van der Waals surface area contributed by atoms with E-state index in [2.05, 4.69) is 5.32 Å². The largest absolute Gasteiger partial charge is 0.481 e. The standard InChI is InChI=1S/C10H20N2O3/c1-7(4-3-5-11)10(15)12-8(2)6-9(13)14/h7-8H,3-6,11H2,1-2H3,(H,12,15)(H,13,14). The van der Waals surface area contributed by atoms with Gasteiger partial charge in [-0.3, -0.25) is 9.59 Å². The lowest BCUT2D eigenvalue weighted by atomic mass is 10.0. The molecule has 0 heterocycles. The van der Waals surface area contributed by atoms with Gasteiger partial charge in [-0.1, -0.05) is 6.92 Å². The summed E-state index contributed by atoms with van der Waals surface area (Å²) < 4.78 is 0. The molecule has 0 fully saturated rings. The minimum atomic E-state index is -0.905. The minimum Gasteiger partial charge on any atom is -0.481 e. The Hall–Kier alpha value is -1.10. The van der Waals surface area contributed by atoms with Gasteiger partial charge in [0, 0.05) is 12.0 Å². The molecule has 0 saturated heterocycles. The third kappa shape index (κ3) is 6.90. The minimum absolute atomic E-state index is 0.0463. The Morgan fingerprint density at radius 1 is 1.40 bits per heavy atom. The molecule has 0 aliphatic heterocycles. The van der Waals surface area contributed by atoms with Crippen LogP contribution in [0.1, 0.15) is 33.1 Å². The zero-order chi connectivity index (χ0) is 11.8. The summed E-state index contributed by atoms with van der Waals surface area (Å²) in [5.74, 6) is -1.11. The van der Waals surface area contributed by atoms with Crippen molar-refractivity contribution in [3.05, 3.63) is 0 Å². The molecule has 0 aromatic rings. The molecule has 0 aromatic carbocycles. The molecule has 4 N–H and O–H groups in total. The van der Waals surface area contributed by atoms with Crippen LogP contribution in [-0.2, 0) is 9.59 Å². The number of carboxylic acids is 1. The number of carbonyl (C=O) groups excluding carboxylic acids is 1. The Morgan fingerprint density at radius 3 is 2.47 bits per heavy atom. The first-order valence-electron chi connectivity index (χ1n) is 5.19. The van der Waals surface area contributed by atoms with Gasteiger partial charge in [0.25, 0.3) is 0 Å². The highest BCUT2D eigenvalue weighted by molar-refractivity contribution is 5.79. The number of nitrogens with two attached hydrogens (primary N) is 1. The van der Waals surface area contributed by atoms with Gasteiger partial charge in [-0.25, -0.2) is 0 Å². The maximum Gasteiger partial charge on any atom is 0.305 e. The molecule has 0 spiro atoms. The van der Waals surface area contributed by atoms with Gasteiger partial charge in [0.15, 0.2) is 0 Å². The van der Waals surface area contributed by atoms with E-state index in [0.29, 0.717) is 6.54 Å². The molecule has 1 amide bonds. The number of carbonyl (C=O) groups is 2. The monoisotopic (exact) mass is 216 g/mol. The number of amides is 1. The molecule has 5 nitrogen and oxygen atoms in total. The molecule has 0 bridgehead atoms. The second kappa shape index (κ2) is 7.23. The highest BCUT2D eigenvalue weighted by Crippen LogP contribution is 2.05. The van der Waals surface area contributed by atoms with Gasteiger partial charge < -0.3 is 16.2 Å². The number of hydrogen-bond acceptors (Lipinski definition) is 3. The Bertz CT molecular complexity index is 219. The van der Waals surface area contributed by atoms with E-state index in [4.69, 9.17) is 10.8 Å². The zero-order valence-electron chi connectivity index (χ0n) is 9.32. The Morgan fingerprint density at radius 2 is 2.00 bits per heavy atom. The highest BCUT2D eigenvalue weighted by atomic mass is 16.4. The normalized spacial score (nSPS) is 14.3. The van der Waals surface area contributed by atoms with Crippen molar-refractivity contribution in [2.45, 2.75) is 39.2 Å². The molecule has 88 valence electrons. The average Bonchev–Trinajstić information content (AvgIpc) is 2.12. The smallest absolute Gasteiger partial charge is 0.305 e. The van der Waals surface area contributed by atoms with Gasteiger partial charge >= 0.3 is 5.97 Å². The first-order valence-corrected chi connectivity index (χ1v) is 5.19. The van der Waals surface area contributed by atoms with Crippen LogP contribution in [0.2, 0.25) is 0 Å². The van der Waals surface area contributed by atoms with Crippen molar-refractivity contribution < 1.29 is 14.7 Å². The van der Waals surface area contributed by atoms with E-state index >= 15 is 0 Å². The average molecular weight is 216 g/mol. The lowest BCUT2D eigenvalue weighted by Gasteiger charge is -2.15. The Balaban J connectivity index is 3.85. The topological polar surface area (TPSA) is 92.4 Å². The molecular weight excluding hydrogens is 196 g/mol. The molecule has 2 unspecified atom stereocenters. The van der Waals surface area contributed by atoms with E-state index in [1.165, 1.54) is 0 Å². The number of aliphatic carboxylic acids is 1. The predicted octanol–water partition coefficient (Wildman–Crippen LogP) is 0.341. The van der Waals surface area contributed by atoms with E-state index in [9.17, 15) is 9.59 Å². The predicted molar refractivity (Wildman–Crippen MR) is 57.3 cm³/mol. The van der Waals surface area contributed by atoms with Crippen molar-refractivity contribution in [3.8, 4) is 0 Å². The summed E-state index contributed by atoms with van der Waals surface area (Å²) in [6.45, 7) is 4.07. The number of rotatable bonds is 7. The van der Waals surface area contributed by atoms with Crippen LogP contribution in [0.3, 0.4) is 0 Å². The first-order chi connectivity index (χ1) is 6.97. The van der Waals surface area contributed by atoms with E-state index in [0.717, 1.165) is 12.8 Å². The van der Waals surface area contributed by atoms with Crippen molar-refractivity contribution in [2.24, 2.45) is 11.7 Å². The fourth-order valence-electron chi connectivity index (χ4n) is 1.25. The summed E-state index contributed by atoms with van der Waals surface area (Å²) in [6.07, 6.45) is 1.50. The molecule has 5 heteroatoms.